The van der Waals surface area contributed by atoms with Crippen LogP contribution in [0, 0.1) is 6.92 Å². The number of aryl methyl sites for hydroxylation is 1. The lowest BCUT2D eigenvalue weighted by atomic mass is 10.0. The van der Waals surface area contributed by atoms with Crippen molar-refractivity contribution in [2.24, 2.45) is 5.73 Å². The highest BCUT2D eigenvalue weighted by Gasteiger charge is 2.52. The summed E-state index contributed by atoms with van der Waals surface area (Å²) in [4.78, 5) is 26.4. The standard InChI is InChI=1S/C15H20N4O4S2/c1-7-17-18-14(22-7)25-6-8-5-24-12-9(16)11(20)19(12)10(8)13(21)23-15(2,3)4/h9,12H,5-6,16H2,1-4H3/t9?,12-/m0/s1. The van der Waals surface area contributed by atoms with Crippen molar-refractivity contribution >= 4 is 35.4 Å². The molecular formula is C15H20N4O4S2. The van der Waals surface area contributed by atoms with Crippen LogP contribution in [0.4, 0.5) is 0 Å². The van der Waals surface area contributed by atoms with Gasteiger partial charge in [0.25, 0.3) is 5.22 Å². The summed E-state index contributed by atoms with van der Waals surface area (Å²) in [5.41, 5.74) is 6.31. The minimum absolute atomic E-state index is 0.214. The second kappa shape index (κ2) is 6.65. The first-order valence-corrected chi connectivity index (χ1v) is 9.79. The molecule has 25 heavy (non-hydrogen) atoms. The normalized spacial score (nSPS) is 23.4. The van der Waals surface area contributed by atoms with E-state index in [9.17, 15) is 9.59 Å². The Hall–Kier alpha value is -1.52. The Bertz CT molecular complexity index is 740. The molecule has 136 valence electrons. The number of carbonyl (C=O) groups excluding carboxylic acids is 2. The maximum atomic E-state index is 12.7. The van der Waals surface area contributed by atoms with Gasteiger partial charge in [-0.15, -0.1) is 22.0 Å². The number of hydrogen-bond acceptors (Lipinski definition) is 9. The number of aromatic nitrogens is 2. The van der Waals surface area contributed by atoms with E-state index in [0.717, 1.165) is 5.57 Å². The van der Waals surface area contributed by atoms with Gasteiger partial charge in [-0.25, -0.2) is 4.79 Å². The molecule has 0 spiro atoms. The third kappa shape index (κ3) is 3.70. The van der Waals surface area contributed by atoms with Crippen molar-refractivity contribution in [2.75, 3.05) is 11.5 Å². The smallest absolute Gasteiger partial charge is 0.355 e. The van der Waals surface area contributed by atoms with E-state index in [1.165, 1.54) is 16.7 Å². The maximum absolute atomic E-state index is 12.7. The summed E-state index contributed by atoms with van der Waals surface area (Å²) in [5, 5.41) is 7.93. The van der Waals surface area contributed by atoms with Crippen molar-refractivity contribution in [1.29, 1.82) is 0 Å². The Balaban J connectivity index is 1.85. The van der Waals surface area contributed by atoms with Gasteiger partial charge in [0.15, 0.2) is 0 Å². The van der Waals surface area contributed by atoms with Crippen molar-refractivity contribution in [2.45, 2.75) is 49.9 Å². The Kier molecular flexibility index (Phi) is 4.86. The molecule has 2 aliphatic heterocycles. The molecule has 1 aromatic rings. The van der Waals surface area contributed by atoms with Crippen LogP contribution in [0.3, 0.4) is 0 Å². The molecule has 1 aromatic heterocycles. The number of nitrogens with zero attached hydrogens (tertiary/aromatic N) is 3. The van der Waals surface area contributed by atoms with Crippen LogP contribution in [0.25, 0.3) is 0 Å². The van der Waals surface area contributed by atoms with Crippen LogP contribution in [0.1, 0.15) is 26.7 Å². The van der Waals surface area contributed by atoms with Gasteiger partial charge in [0.05, 0.1) is 0 Å². The molecule has 8 nitrogen and oxygen atoms in total. The van der Waals surface area contributed by atoms with Gasteiger partial charge in [0.2, 0.25) is 11.8 Å². The fourth-order valence-electron chi connectivity index (χ4n) is 2.49. The minimum atomic E-state index is -0.651. The number of β-lactam (4-membered cyclic amide) rings is 1. The maximum Gasteiger partial charge on any atom is 0.355 e. The lowest BCUT2D eigenvalue weighted by Gasteiger charge is -2.48. The molecule has 3 heterocycles. The van der Waals surface area contributed by atoms with Crippen molar-refractivity contribution in [3.63, 3.8) is 0 Å². The summed E-state index contributed by atoms with van der Waals surface area (Å²) in [6.07, 6.45) is 0. The molecule has 1 amide bonds. The number of amides is 1. The molecule has 0 bridgehead atoms. The van der Waals surface area contributed by atoms with E-state index in [-0.39, 0.29) is 11.3 Å². The third-order valence-electron chi connectivity index (χ3n) is 3.56. The van der Waals surface area contributed by atoms with Gasteiger partial charge in [0, 0.05) is 18.4 Å². The van der Waals surface area contributed by atoms with E-state index in [0.29, 0.717) is 28.3 Å². The van der Waals surface area contributed by atoms with Gasteiger partial charge in [-0.05, 0) is 26.3 Å². The number of nitrogens with two attached hydrogens (primary N) is 1. The summed E-state index contributed by atoms with van der Waals surface area (Å²) in [6.45, 7) is 7.09. The predicted octanol–water partition coefficient (Wildman–Crippen LogP) is 1.31. The van der Waals surface area contributed by atoms with Crippen LogP contribution < -0.4 is 5.73 Å². The molecule has 10 heteroatoms. The Morgan fingerprint density at radius 3 is 2.80 bits per heavy atom. The van der Waals surface area contributed by atoms with Gasteiger partial charge in [0.1, 0.15) is 22.7 Å². The van der Waals surface area contributed by atoms with Crippen LogP contribution in [0.5, 0.6) is 0 Å². The molecule has 0 saturated carbocycles. The molecule has 2 aliphatic rings. The number of fused-ring (bicyclic) bond motifs is 1. The second-order valence-electron chi connectivity index (χ2n) is 6.77. The highest BCUT2D eigenvalue weighted by molar-refractivity contribution is 8.01. The number of hydrogen-bond donors (Lipinski definition) is 1. The molecule has 3 rings (SSSR count). The van der Waals surface area contributed by atoms with E-state index in [2.05, 4.69) is 10.2 Å². The highest BCUT2D eigenvalue weighted by atomic mass is 32.2. The van der Waals surface area contributed by atoms with Crippen molar-refractivity contribution in [3.05, 3.63) is 17.2 Å². The van der Waals surface area contributed by atoms with Gasteiger partial charge in [-0.1, -0.05) is 11.8 Å². The minimum Gasteiger partial charge on any atom is -0.455 e. The summed E-state index contributed by atoms with van der Waals surface area (Å²) in [7, 11) is 0. The van der Waals surface area contributed by atoms with Crippen molar-refractivity contribution in [1.82, 2.24) is 15.1 Å². The summed E-state index contributed by atoms with van der Waals surface area (Å²) >= 11 is 2.87. The first-order chi connectivity index (χ1) is 11.7. The Labute approximate surface area is 153 Å². The Morgan fingerprint density at radius 1 is 1.48 bits per heavy atom. The van der Waals surface area contributed by atoms with Gasteiger partial charge < -0.3 is 14.9 Å². The fraction of sp³-hybridized carbons (Fsp3) is 0.600. The average Bonchev–Trinajstić information content (AvgIpc) is 2.95. The van der Waals surface area contributed by atoms with E-state index < -0.39 is 17.6 Å². The SMILES string of the molecule is Cc1nnc(SCC2=C(C(=O)OC(C)(C)C)N3C(=O)C(N)[C@@H]3SC2)o1. The van der Waals surface area contributed by atoms with E-state index in [4.69, 9.17) is 14.9 Å². The number of esters is 1. The number of ether oxygens (including phenoxy) is 1. The van der Waals surface area contributed by atoms with Gasteiger partial charge in [-0.2, -0.15) is 0 Å². The lowest BCUT2D eigenvalue weighted by Crippen LogP contribution is -2.68. The van der Waals surface area contributed by atoms with E-state index in [1.807, 2.05) is 0 Å². The monoisotopic (exact) mass is 384 g/mol. The summed E-state index contributed by atoms with van der Waals surface area (Å²) < 4.78 is 10.8. The van der Waals surface area contributed by atoms with Crippen LogP contribution in [-0.2, 0) is 14.3 Å². The fourth-order valence-corrected chi connectivity index (χ4v) is 4.73. The molecule has 2 atom stereocenters. The number of carbonyl (C=O) groups is 2. The lowest BCUT2D eigenvalue weighted by molar-refractivity contribution is -0.157. The zero-order valence-corrected chi connectivity index (χ0v) is 16.1. The van der Waals surface area contributed by atoms with Gasteiger partial charge in [-0.3, -0.25) is 9.69 Å². The number of thioether (sulfide) groups is 2. The summed E-state index contributed by atoms with van der Waals surface area (Å²) in [6, 6.07) is -0.574. The van der Waals surface area contributed by atoms with Crippen LogP contribution in [0.15, 0.2) is 20.9 Å². The summed E-state index contributed by atoms with van der Waals surface area (Å²) in [5.74, 6) is 0.765. The highest BCUT2D eigenvalue weighted by Crippen LogP contribution is 2.41. The van der Waals surface area contributed by atoms with Crippen molar-refractivity contribution in [3.8, 4) is 0 Å². The first kappa shape index (κ1) is 18.3. The van der Waals surface area contributed by atoms with Crippen molar-refractivity contribution < 1.29 is 18.7 Å². The van der Waals surface area contributed by atoms with Crippen LogP contribution in [0.2, 0.25) is 0 Å². The zero-order valence-electron chi connectivity index (χ0n) is 14.4. The van der Waals surface area contributed by atoms with E-state index >= 15 is 0 Å². The predicted molar refractivity (Wildman–Crippen MR) is 93.7 cm³/mol. The second-order valence-corrected chi connectivity index (χ2v) is 8.80. The molecule has 0 aliphatic carbocycles. The molecule has 0 aromatic carbocycles. The molecule has 2 N–H and O–H groups in total. The first-order valence-electron chi connectivity index (χ1n) is 7.76. The largest absolute Gasteiger partial charge is 0.455 e. The molecule has 1 fully saturated rings. The number of rotatable bonds is 4. The van der Waals surface area contributed by atoms with Gasteiger partial charge >= 0.3 is 5.97 Å². The third-order valence-corrected chi connectivity index (χ3v) is 5.82. The molecule has 1 unspecified atom stereocenters. The topological polar surface area (TPSA) is 112 Å². The van der Waals surface area contributed by atoms with Crippen LogP contribution >= 0.6 is 23.5 Å². The van der Waals surface area contributed by atoms with E-state index in [1.54, 1.807) is 39.5 Å². The Morgan fingerprint density at radius 2 is 2.20 bits per heavy atom. The molecular weight excluding hydrogens is 364 g/mol. The average molecular weight is 384 g/mol. The molecule has 1 saturated heterocycles. The molecule has 0 radical (unpaired) electrons. The van der Waals surface area contributed by atoms with Crippen LogP contribution in [-0.4, -0.2) is 55.5 Å². The zero-order chi connectivity index (χ0) is 18.4. The quantitative estimate of drug-likeness (QED) is 0.466.